The van der Waals surface area contributed by atoms with Crippen LogP contribution >= 0.6 is 0 Å². The van der Waals surface area contributed by atoms with Gasteiger partial charge in [-0.15, -0.1) is 0 Å². The molecule has 22 heavy (non-hydrogen) atoms. The molecule has 1 aromatic carbocycles. The zero-order valence-corrected chi connectivity index (χ0v) is 13.3. The highest BCUT2D eigenvalue weighted by Crippen LogP contribution is 2.33. The number of nitrogens with zero attached hydrogens (tertiary/aromatic N) is 2. The Morgan fingerprint density at radius 2 is 1.91 bits per heavy atom. The smallest absolute Gasteiger partial charge is 0.282 e. The molecule has 0 N–H and O–H groups in total. The first-order valence-corrected chi connectivity index (χ1v) is 8.72. The van der Waals surface area contributed by atoms with Crippen molar-refractivity contribution >= 4 is 10.2 Å². The number of fused-ring (bicyclic) bond motifs is 1. The lowest BCUT2D eigenvalue weighted by Crippen LogP contribution is -2.48. The second-order valence-corrected chi connectivity index (χ2v) is 7.06. The van der Waals surface area contributed by atoms with E-state index >= 15 is 0 Å². The maximum Gasteiger partial charge on any atom is 0.282 e. The molecule has 0 unspecified atom stereocenters. The van der Waals surface area contributed by atoms with E-state index in [1.807, 2.05) is 25.1 Å². The second-order valence-electron chi connectivity index (χ2n) is 5.13. The monoisotopic (exact) mass is 328 g/mol. The van der Waals surface area contributed by atoms with Gasteiger partial charge in [0.1, 0.15) is 0 Å². The highest BCUT2D eigenvalue weighted by molar-refractivity contribution is 7.86. The average molecular weight is 328 g/mol. The maximum atomic E-state index is 12.7. The van der Waals surface area contributed by atoms with Gasteiger partial charge in [0.15, 0.2) is 11.5 Å². The molecule has 0 amide bonds. The summed E-state index contributed by atoms with van der Waals surface area (Å²) in [6.07, 6.45) is 0. The second kappa shape index (κ2) is 6.41. The summed E-state index contributed by atoms with van der Waals surface area (Å²) in [5.74, 6) is 1.36. The van der Waals surface area contributed by atoms with Crippen LogP contribution in [0.5, 0.6) is 11.5 Å². The van der Waals surface area contributed by atoms with Gasteiger partial charge >= 0.3 is 0 Å². The van der Waals surface area contributed by atoms with E-state index in [0.717, 1.165) is 5.56 Å². The number of benzene rings is 1. The van der Waals surface area contributed by atoms with Gasteiger partial charge in [-0.1, -0.05) is 13.0 Å². The average Bonchev–Trinajstić information content (AvgIpc) is 3.01. The third-order valence-electron chi connectivity index (χ3n) is 3.77. The van der Waals surface area contributed by atoms with Crippen LogP contribution in [0, 0.1) is 0 Å². The summed E-state index contributed by atoms with van der Waals surface area (Å²) >= 11 is 0. The molecule has 0 aliphatic carbocycles. The summed E-state index contributed by atoms with van der Waals surface area (Å²) in [5, 5.41) is 0. The highest BCUT2D eigenvalue weighted by atomic mass is 32.2. The third-order valence-corrected chi connectivity index (χ3v) is 5.83. The Balaban J connectivity index is 1.76. The van der Waals surface area contributed by atoms with Crippen molar-refractivity contribution in [3.8, 4) is 11.5 Å². The summed E-state index contributed by atoms with van der Waals surface area (Å²) in [7, 11) is -3.47. The lowest BCUT2D eigenvalue weighted by atomic mass is 10.2. The van der Waals surface area contributed by atoms with E-state index in [4.69, 9.17) is 14.2 Å². The molecule has 2 aliphatic rings. The van der Waals surface area contributed by atoms with E-state index in [1.165, 1.54) is 8.61 Å². The van der Waals surface area contributed by atoms with Crippen molar-refractivity contribution in [1.82, 2.24) is 8.61 Å². The van der Waals surface area contributed by atoms with Crippen molar-refractivity contribution < 1.29 is 22.6 Å². The van der Waals surface area contributed by atoms with Gasteiger partial charge in [0, 0.05) is 26.2 Å². The Bertz CT molecular complexity index is 628. The Labute approximate surface area is 130 Å². The molecule has 2 aliphatic heterocycles. The first-order valence-electron chi connectivity index (χ1n) is 7.33. The van der Waals surface area contributed by atoms with Gasteiger partial charge < -0.3 is 14.2 Å². The molecular formula is C14H20N2O5S. The van der Waals surface area contributed by atoms with Gasteiger partial charge in [0.05, 0.1) is 13.2 Å². The van der Waals surface area contributed by atoms with Crippen LogP contribution in [0.2, 0.25) is 0 Å². The molecule has 0 atom stereocenters. The molecule has 122 valence electrons. The van der Waals surface area contributed by atoms with Crippen LogP contribution in [0.3, 0.4) is 0 Å². The summed E-state index contributed by atoms with van der Waals surface area (Å²) < 4.78 is 44.2. The van der Waals surface area contributed by atoms with E-state index < -0.39 is 10.2 Å². The molecule has 0 aromatic heterocycles. The normalized spacial score (nSPS) is 18.8. The lowest BCUT2D eigenvalue weighted by molar-refractivity contribution is 0.0701. The minimum atomic E-state index is -3.47. The van der Waals surface area contributed by atoms with Crippen LogP contribution in [-0.2, 0) is 21.5 Å². The fourth-order valence-electron chi connectivity index (χ4n) is 2.54. The van der Waals surface area contributed by atoms with Crippen molar-refractivity contribution in [2.75, 3.05) is 39.6 Å². The molecule has 7 nitrogen and oxygen atoms in total. The number of hydrogen-bond donors (Lipinski definition) is 0. The summed E-state index contributed by atoms with van der Waals surface area (Å²) in [4.78, 5) is 0. The maximum absolute atomic E-state index is 12.7. The predicted molar refractivity (Wildman–Crippen MR) is 80.0 cm³/mol. The largest absolute Gasteiger partial charge is 0.454 e. The van der Waals surface area contributed by atoms with Crippen LogP contribution in [0.4, 0.5) is 0 Å². The predicted octanol–water partition coefficient (Wildman–Crippen LogP) is 0.814. The number of morpholine rings is 1. The van der Waals surface area contributed by atoms with Gasteiger partial charge in [0.25, 0.3) is 10.2 Å². The van der Waals surface area contributed by atoms with Crippen molar-refractivity contribution in [1.29, 1.82) is 0 Å². The zero-order chi connectivity index (χ0) is 15.6. The Morgan fingerprint density at radius 1 is 1.18 bits per heavy atom. The number of ether oxygens (including phenoxy) is 3. The molecule has 0 bridgehead atoms. The van der Waals surface area contributed by atoms with Crippen molar-refractivity contribution in [2.24, 2.45) is 0 Å². The van der Waals surface area contributed by atoms with Crippen molar-refractivity contribution in [3.63, 3.8) is 0 Å². The van der Waals surface area contributed by atoms with Gasteiger partial charge in [0.2, 0.25) is 6.79 Å². The molecule has 0 saturated carbocycles. The van der Waals surface area contributed by atoms with Gasteiger partial charge in [-0.2, -0.15) is 17.0 Å². The van der Waals surface area contributed by atoms with Crippen LogP contribution in [0.15, 0.2) is 18.2 Å². The van der Waals surface area contributed by atoms with Crippen LogP contribution in [0.1, 0.15) is 12.5 Å². The standard InChI is InChI=1S/C14H20N2O5S/c1-2-15(22(17,18)16-5-7-19-8-6-16)10-12-3-4-13-14(9-12)21-11-20-13/h3-4,9H,2,5-8,10-11H2,1H3. The molecule has 1 saturated heterocycles. The molecule has 0 spiro atoms. The van der Waals surface area contributed by atoms with E-state index in [1.54, 1.807) is 0 Å². The first-order chi connectivity index (χ1) is 10.6. The molecule has 3 rings (SSSR count). The van der Waals surface area contributed by atoms with E-state index in [-0.39, 0.29) is 6.79 Å². The SMILES string of the molecule is CCN(Cc1ccc2c(c1)OCO2)S(=O)(=O)N1CCOCC1. The number of rotatable bonds is 5. The number of hydrogen-bond acceptors (Lipinski definition) is 5. The molecule has 8 heteroatoms. The van der Waals surface area contributed by atoms with Gasteiger partial charge in [-0.25, -0.2) is 0 Å². The molecule has 0 radical (unpaired) electrons. The molecule has 1 aromatic rings. The Hall–Kier alpha value is -1.35. The molecule has 1 fully saturated rings. The Kier molecular flexibility index (Phi) is 4.53. The van der Waals surface area contributed by atoms with Crippen molar-refractivity contribution in [3.05, 3.63) is 23.8 Å². The fraction of sp³-hybridized carbons (Fsp3) is 0.571. The minimum absolute atomic E-state index is 0.211. The lowest BCUT2D eigenvalue weighted by Gasteiger charge is -2.31. The highest BCUT2D eigenvalue weighted by Gasteiger charge is 2.30. The van der Waals surface area contributed by atoms with Crippen LogP contribution < -0.4 is 9.47 Å². The van der Waals surface area contributed by atoms with Crippen LogP contribution in [-0.4, -0.2) is 56.7 Å². The summed E-state index contributed by atoms with van der Waals surface area (Å²) in [5.41, 5.74) is 0.878. The third kappa shape index (κ3) is 3.05. The first kappa shape index (κ1) is 15.5. The minimum Gasteiger partial charge on any atom is -0.454 e. The van der Waals surface area contributed by atoms with Crippen molar-refractivity contribution in [2.45, 2.75) is 13.5 Å². The van der Waals surface area contributed by atoms with E-state index in [0.29, 0.717) is 50.9 Å². The Morgan fingerprint density at radius 3 is 2.64 bits per heavy atom. The zero-order valence-electron chi connectivity index (χ0n) is 12.5. The van der Waals surface area contributed by atoms with Crippen LogP contribution in [0.25, 0.3) is 0 Å². The quantitative estimate of drug-likeness (QED) is 0.800. The summed E-state index contributed by atoms with van der Waals surface area (Å²) in [6, 6.07) is 5.51. The van der Waals surface area contributed by atoms with Gasteiger partial charge in [-0.3, -0.25) is 0 Å². The molecular weight excluding hydrogens is 308 g/mol. The molecule has 2 heterocycles. The van der Waals surface area contributed by atoms with Gasteiger partial charge in [-0.05, 0) is 17.7 Å². The topological polar surface area (TPSA) is 68.3 Å². The van der Waals surface area contributed by atoms with E-state index in [9.17, 15) is 8.42 Å². The van der Waals surface area contributed by atoms with E-state index in [2.05, 4.69) is 0 Å². The summed E-state index contributed by atoms with van der Waals surface area (Å²) in [6.45, 7) is 4.47. The fourth-order valence-corrected chi connectivity index (χ4v) is 4.12.